The molecule has 254 valence electrons. The van der Waals surface area contributed by atoms with Gasteiger partial charge < -0.3 is 13.6 Å². The van der Waals surface area contributed by atoms with E-state index in [0.717, 1.165) is 88.4 Å². The lowest BCUT2D eigenvalue weighted by Crippen LogP contribution is -2.02. The molecule has 0 saturated carbocycles. The van der Waals surface area contributed by atoms with Crippen molar-refractivity contribution in [3.8, 4) is 45.8 Å². The van der Waals surface area contributed by atoms with Crippen molar-refractivity contribution in [1.82, 2.24) is 9.13 Å². The zero-order valence-electron chi connectivity index (χ0n) is 29.4. The summed E-state index contributed by atoms with van der Waals surface area (Å²) in [5, 5.41) is 27.0. The van der Waals surface area contributed by atoms with E-state index in [4.69, 9.17) is 4.42 Å². The van der Waals surface area contributed by atoms with E-state index in [9.17, 15) is 10.5 Å². The smallest absolute Gasteiger partial charge is 0.136 e. The van der Waals surface area contributed by atoms with Gasteiger partial charge in [0.1, 0.15) is 11.2 Å². The molecule has 3 aromatic heterocycles. The average molecular weight is 701 g/mol. The molecular formula is C50H28N4O. The van der Waals surface area contributed by atoms with Crippen LogP contribution >= 0.6 is 0 Å². The highest BCUT2D eigenvalue weighted by molar-refractivity contribution is 6.17. The lowest BCUT2D eigenvalue weighted by atomic mass is 9.93. The molecule has 0 radical (unpaired) electrons. The molecule has 0 atom stereocenters. The van der Waals surface area contributed by atoms with E-state index in [1.165, 1.54) is 10.8 Å². The summed E-state index contributed by atoms with van der Waals surface area (Å²) in [6.45, 7) is 0. The quantitative estimate of drug-likeness (QED) is 0.183. The van der Waals surface area contributed by atoms with Crippen LogP contribution in [0.3, 0.4) is 0 Å². The number of fused-ring (bicyclic) bond motifs is 9. The first-order valence-corrected chi connectivity index (χ1v) is 18.2. The molecule has 0 N–H and O–H groups in total. The average Bonchev–Trinajstić information content (AvgIpc) is 3.89. The van der Waals surface area contributed by atoms with Crippen LogP contribution in [0.1, 0.15) is 11.1 Å². The molecule has 0 bridgehead atoms. The molecule has 5 heteroatoms. The van der Waals surface area contributed by atoms with Crippen molar-refractivity contribution in [3.05, 3.63) is 181 Å². The number of nitrogens with zero attached hydrogens (tertiary/aromatic N) is 4. The number of nitriles is 2. The first-order chi connectivity index (χ1) is 27.2. The minimum atomic E-state index is 0.551. The first-order valence-electron chi connectivity index (χ1n) is 18.2. The predicted octanol–water partition coefficient (Wildman–Crippen LogP) is 12.9. The third-order valence-corrected chi connectivity index (χ3v) is 11.0. The molecular weight excluding hydrogens is 673 g/mol. The topological polar surface area (TPSA) is 70.6 Å². The Labute approximate surface area is 315 Å². The third kappa shape index (κ3) is 4.58. The molecule has 0 amide bonds. The SMILES string of the molecule is N#Cc1cccc(-c2ccc(-c3ccc(-n4c5ccccc5c5ccccc54)cc3-n3c4ccccc4c4cc5oc6ccccc6c5cc43)c(C#N)c2)c1. The second kappa shape index (κ2) is 11.8. The van der Waals surface area contributed by atoms with Crippen LogP contribution in [0.4, 0.5) is 0 Å². The number of hydrogen-bond donors (Lipinski definition) is 0. The van der Waals surface area contributed by atoms with Crippen molar-refractivity contribution in [1.29, 1.82) is 10.5 Å². The van der Waals surface area contributed by atoms with Gasteiger partial charge in [0.2, 0.25) is 0 Å². The predicted molar refractivity (Wildman–Crippen MR) is 223 cm³/mol. The Morgan fingerprint density at radius 3 is 1.76 bits per heavy atom. The van der Waals surface area contributed by atoms with Crippen LogP contribution in [0.2, 0.25) is 0 Å². The Morgan fingerprint density at radius 2 is 1.04 bits per heavy atom. The summed E-state index contributed by atoms with van der Waals surface area (Å²) >= 11 is 0. The second-order valence-electron chi connectivity index (χ2n) is 14.0. The van der Waals surface area contributed by atoms with Crippen LogP contribution in [0.15, 0.2) is 174 Å². The Hall–Kier alpha value is -7.86. The fraction of sp³-hybridized carbons (Fsp3) is 0. The summed E-state index contributed by atoms with van der Waals surface area (Å²) in [6, 6.07) is 63.1. The molecule has 5 nitrogen and oxygen atoms in total. The fourth-order valence-corrected chi connectivity index (χ4v) is 8.54. The second-order valence-corrected chi connectivity index (χ2v) is 14.0. The summed E-state index contributed by atoms with van der Waals surface area (Å²) in [5.74, 6) is 0. The molecule has 8 aromatic carbocycles. The molecule has 55 heavy (non-hydrogen) atoms. The van der Waals surface area contributed by atoms with E-state index in [2.05, 4.69) is 130 Å². The maximum atomic E-state index is 10.7. The van der Waals surface area contributed by atoms with E-state index in [-0.39, 0.29) is 0 Å². The van der Waals surface area contributed by atoms with Crippen molar-refractivity contribution in [2.75, 3.05) is 0 Å². The number of hydrogen-bond acceptors (Lipinski definition) is 3. The van der Waals surface area contributed by atoms with Gasteiger partial charge in [-0.3, -0.25) is 0 Å². The summed E-state index contributed by atoms with van der Waals surface area (Å²) in [7, 11) is 0. The van der Waals surface area contributed by atoms with Gasteiger partial charge in [-0.15, -0.1) is 0 Å². The molecule has 0 aliphatic heterocycles. The highest BCUT2D eigenvalue weighted by Crippen LogP contribution is 2.43. The van der Waals surface area contributed by atoms with Crippen molar-refractivity contribution in [3.63, 3.8) is 0 Å². The van der Waals surface area contributed by atoms with Gasteiger partial charge in [-0.25, -0.2) is 0 Å². The maximum Gasteiger partial charge on any atom is 0.136 e. The van der Waals surface area contributed by atoms with E-state index < -0.39 is 0 Å². The standard InChI is InChI=1S/C50H28N4O/c51-29-31-10-9-11-32(24-31)33-20-22-36(34(25-33)30-52)40-23-21-35(53-44-16-5-1-12-37(44)38-13-2-6-17-45(38)53)26-47(40)54-46-18-7-3-14-39(46)42-28-50-43(27-48(42)54)41-15-4-8-19-49(41)55-50/h1-28H. The largest absolute Gasteiger partial charge is 0.456 e. The molecule has 0 fully saturated rings. The minimum Gasteiger partial charge on any atom is -0.456 e. The van der Waals surface area contributed by atoms with Crippen LogP contribution in [-0.2, 0) is 0 Å². The van der Waals surface area contributed by atoms with E-state index >= 15 is 0 Å². The van der Waals surface area contributed by atoms with Gasteiger partial charge in [0.05, 0.1) is 51.0 Å². The number of rotatable bonds is 4. The summed E-state index contributed by atoms with van der Waals surface area (Å²) < 4.78 is 11.1. The van der Waals surface area contributed by atoms with Crippen molar-refractivity contribution in [2.24, 2.45) is 0 Å². The van der Waals surface area contributed by atoms with E-state index in [0.29, 0.717) is 11.1 Å². The lowest BCUT2D eigenvalue weighted by Gasteiger charge is -2.18. The van der Waals surface area contributed by atoms with Gasteiger partial charge in [-0.2, -0.15) is 10.5 Å². The van der Waals surface area contributed by atoms with Gasteiger partial charge in [0.15, 0.2) is 0 Å². The molecule has 3 heterocycles. The normalized spacial score (nSPS) is 11.6. The number of furan rings is 1. The highest BCUT2D eigenvalue weighted by atomic mass is 16.3. The van der Waals surface area contributed by atoms with Crippen LogP contribution in [0.25, 0.3) is 99.2 Å². The van der Waals surface area contributed by atoms with Gasteiger partial charge in [-0.05, 0) is 77.9 Å². The zero-order chi connectivity index (χ0) is 36.6. The van der Waals surface area contributed by atoms with Crippen LogP contribution in [0, 0.1) is 22.7 Å². The van der Waals surface area contributed by atoms with Gasteiger partial charge in [0.25, 0.3) is 0 Å². The van der Waals surface area contributed by atoms with E-state index in [1.54, 1.807) is 6.07 Å². The van der Waals surface area contributed by atoms with Crippen LogP contribution in [-0.4, -0.2) is 9.13 Å². The Kier molecular flexibility index (Phi) is 6.61. The third-order valence-electron chi connectivity index (χ3n) is 11.0. The highest BCUT2D eigenvalue weighted by Gasteiger charge is 2.22. The Bertz CT molecular complexity index is 3420. The number of benzene rings is 8. The van der Waals surface area contributed by atoms with Gasteiger partial charge >= 0.3 is 0 Å². The Balaban J connectivity index is 1.24. The lowest BCUT2D eigenvalue weighted by molar-refractivity contribution is 0.669. The molecule has 0 aliphatic rings. The minimum absolute atomic E-state index is 0.551. The first kappa shape index (κ1) is 30.7. The molecule has 0 aliphatic carbocycles. The Morgan fingerprint density at radius 1 is 0.400 bits per heavy atom. The van der Waals surface area contributed by atoms with Crippen molar-refractivity contribution in [2.45, 2.75) is 0 Å². The van der Waals surface area contributed by atoms with Crippen LogP contribution in [0.5, 0.6) is 0 Å². The summed E-state index contributed by atoms with van der Waals surface area (Å²) in [4.78, 5) is 0. The van der Waals surface area contributed by atoms with Crippen molar-refractivity contribution < 1.29 is 4.42 Å². The molecule has 11 rings (SSSR count). The maximum absolute atomic E-state index is 10.7. The molecule has 11 aromatic rings. The monoisotopic (exact) mass is 700 g/mol. The van der Waals surface area contributed by atoms with Gasteiger partial charge in [-0.1, -0.05) is 103 Å². The summed E-state index contributed by atoms with van der Waals surface area (Å²) in [6.07, 6.45) is 0. The molecule has 0 unspecified atom stereocenters. The van der Waals surface area contributed by atoms with Gasteiger partial charge in [0, 0.05) is 49.1 Å². The molecule has 0 spiro atoms. The van der Waals surface area contributed by atoms with E-state index in [1.807, 2.05) is 54.6 Å². The van der Waals surface area contributed by atoms with Crippen LogP contribution < -0.4 is 0 Å². The fourth-order valence-electron chi connectivity index (χ4n) is 8.54. The summed E-state index contributed by atoms with van der Waals surface area (Å²) in [5.41, 5.74) is 12.7. The number of aromatic nitrogens is 2. The zero-order valence-corrected chi connectivity index (χ0v) is 29.4. The number of para-hydroxylation sites is 4. The molecule has 0 saturated heterocycles. The van der Waals surface area contributed by atoms with Crippen molar-refractivity contribution >= 4 is 65.6 Å².